The van der Waals surface area contributed by atoms with Crippen molar-refractivity contribution in [2.45, 2.75) is 19.4 Å². The van der Waals surface area contributed by atoms with E-state index in [-0.39, 0.29) is 17.8 Å². The van der Waals surface area contributed by atoms with Crippen LogP contribution in [-0.2, 0) is 4.74 Å². The first-order valence-electron chi connectivity index (χ1n) is 6.09. The molecule has 0 spiro atoms. The van der Waals surface area contributed by atoms with E-state index in [1.165, 1.54) is 0 Å². The summed E-state index contributed by atoms with van der Waals surface area (Å²) in [5, 5.41) is 0.980. The zero-order chi connectivity index (χ0) is 12.7. The third-order valence-corrected chi connectivity index (χ3v) is 4.12. The fourth-order valence-corrected chi connectivity index (χ4v) is 2.93. The van der Waals surface area contributed by atoms with Crippen molar-refractivity contribution in [3.63, 3.8) is 0 Å². The molecule has 0 aliphatic carbocycles. The Kier molecular flexibility index (Phi) is 2.99. The predicted octanol–water partition coefficient (Wildman–Crippen LogP) is 3.54. The van der Waals surface area contributed by atoms with Crippen LogP contribution >= 0.6 is 15.9 Å². The second-order valence-corrected chi connectivity index (χ2v) is 5.64. The Hall–Kier alpha value is -1.13. The quantitative estimate of drug-likeness (QED) is 0.862. The van der Waals surface area contributed by atoms with Crippen LogP contribution in [0.25, 0.3) is 10.9 Å². The van der Waals surface area contributed by atoms with Gasteiger partial charge in [-0.2, -0.15) is 0 Å². The Balaban J connectivity index is 2.03. The Morgan fingerprint density at radius 3 is 3.06 bits per heavy atom. The zero-order valence-electron chi connectivity index (χ0n) is 10.1. The number of H-pyrrole nitrogens is 1. The molecular weight excluding hydrogens is 294 g/mol. The molecular formula is C14H14BrNO2. The highest BCUT2D eigenvalue weighted by Gasteiger charge is 2.32. The number of carbonyl (C=O) groups is 1. The maximum Gasteiger partial charge on any atom is 0.170 e. The van der Waals surface area contributed by atoms with Gasteiger partial charge < -0.3 is 9.72 Å². The Labute approximate surface area is 114 Å². The number of aromatic amines is 1. The van der Waals surface area contributed by atoms with E-state index in [4.69, 9.17) is 4.74 Å². The standard InChI is InChI=1S/C14H14BrNO2/c1-8-10(4-5-18-8)14(17)12-7-16-13-3-2-9(15)6-11(12)13/h2-3,6-8,10,16H,4-5H2,1H3. The number of benzene rings is 1. The van der Waals surface area contributed by atoms with Crippen molar-refractivity contribution in [1.29, 1.82) is 0 Å². The second kappa shape index (κ2) is 4.52. The molecule has 2 aromatic rings. The van der Waals surface area contributed by atoms with Gasteiger partial charge >= 0.3 is 0 Å². The number of hydrogen-bond acceptors (Lipinski definition) is 2. The van der Waals surface area contributed by atoms with Gasteiger partial charge in [-0.1, -0.05) is 15.9 Å². The van der Waals surface area contributed by atoms with Crippen LogP contribution < -0.4 is 0 Å². The number of halogens is 1. The van der Waals surface area contributed by atoms with Gasteiger partial charge in [-0.05, 0) is 31.5 Å². The lowest BCUT2D eigenvalue weighted by Crippen LogP contribution is -2.21. The molecule has 94 valence electrons. The summed E-state index contributed by atoms with van der Waals surface area (Å²) in [5.41, 5.74) is 1.77. The highest BCUT2D eigenvalue weighted by atomic mass is 79.9. The molecule has 2 heterocycles. The fourth-order valence-electron chi connectivity index (χ4n) is 2.57. The SMILES string of the molecule is CC1OCCC1C(=O)c1c[nH]c2ccc(Br)cc12. The van der Waals surface area contributed by atoms with Crippen LogP contribution in [0.15, 0.2) is 28.9 Å². The van der Waals surface area contributed by atoms with Crippen molar-refractivity contribution >= 4 is 32.6 Å². The van der Waals surface area contributed by atoms with Crippen molar-refractivity contribution in [2.24, 2.45) is 5.92 Å². The Morgan fingerprint density at radius 1 is 1.50 bits per heavy atom. The summed E-state index contributed by atoms with van der Waals surface area (Å²) < 4.78 is 6.47. The van der Waals surface area contributed by atoms with E-state index in [0.29, 0.717) is 6.61 Å². The van der Waals surface area contributed by atoms with Gasteiger partial charge in [0.25, 0.3) is 0 Å². The second-order valence-electron chi connectivity index (χ2n) is 4.73. The average molecular weight is 308 g/mol. The molecule has 0 radical (unpaired) electrons. The number of aromatic nitrogens is 1. The predicted molar refractivity (Wildman–Crippen MR) is 73.9 cm³/mol. The lowest BCUT2D eigenvalue weighted by atomic mass is 9.92. The van der Waals surface area contributed by atoms with E-state index in [1.54, 1.807) is 0 Å². The molecule has 1 aliphatic heterocycles. The fraction of sp³-hybridized carbons (Fsp3) is 0.357. The van der Waals surface area contributed by atoms with Crippen molar-refractivity contribution in [3.05, 3.63) is 34.4 Å². The molecule has 1 fully saturated rings. The van der Waals surface area contributed by atoms with Crippen LogP contribution in [0, 0.1) is 5.92 Å². The molecule has 18 heavy (non-hydrogen) atoms. The van der Waals surface area contributed by atoms with Gasteiger partial charge in [0.15, 0.2) is 5.78 Å². The van der Waals surface area contributed by atoms with Crippen molar-refractivity contribution < 1.29 is 9.53 Å². The molecule has 1 aromatic heterocycles. The van der Waals surface area contributed by atoms with E-state index in [2.05, 4.69) is 20.9 Å². The first-order chi connectivity index (χ1) is 8.66. The van der Waals surface area contributed by atoms with Crippen LogP contribution in [0.4, 0.5) is 0 Å². The molecule has 2 atom stereocenters. The zero-order valence-corrected chi connectivity index (χ0v) is 11.7. The van der Waals surface area contributed by atoms with Crippen LogP contribution in [0.3, 0.4) is 0 Å². The van der Waals surface area contributed by atoms with E-state index in [1.807, 2.05) is 31.3 Å². The first-order valence-corrected chi connectivity index (χ1v) is 6.88. The van der Waals surface area contributed by atoms with E-state index in [9.17, 15) is 4.79 Å². The largest absolute Gasteiger partial charge is 0.378 e. The smallest absolute Gasteiger partial charge is 0.170 e. The molecule has 1 saturated heterocycles. The number of fused-ring (bicyclic) bond motifs is 1. The summed E-state index contributed by atoms with van der Waals surface area (Å²) in [6.07, 6.45) is 2.65. The average Bonchev–Trinajstić information content (AvgIpc) is 2.94. The number of ether oxygens (including phenoxy) is 1. The van der Waals surface area contributed by atoms with Crippen molar-refractivity contribution in [2.75, 3.05) is 6.61 Å². The highest BCUT2D eigenvalue weighted by molar-refractivity contribution is 9.10. The van der Waals surface area contributed by atoms with Gasteiger partial charge in [0.2, 0.25) is 0 Å². The summed E-state index contributed by atoms with van der Waals surface area (Å²) >= 11 is 3.45. The van der Waals surface area contributed by atoms with E-state index >= 15 is 0 Å². The summed E-state index contributed by atoms with van der Waals surface area (Å²) in [5.74, 6) is 0.173. The van der Waals surface area contributed by atoms with Gasteiger partial charge in [0.1, 0.15) is 0 Å². The lowest BCUT2D eigenvalue weighted by molar-refractivity contribution is 0.0766. The number of nitrogens with one attached hydrogen (secondary N) is 1. The lowest BCUT2D eigenvalue weighted by Gasteiger charge is -2.11. The number of ketones is 1. The van der Waals surface area contributed by atoms with Crippen molar-refractivity contribution in [1.82, 2.24) is 4.98 Å². The van der Waals surface area contributed by atoms with Crippen LogP contribution in [0.5, 0.6) is 0 Å². The Morgan fingerprint density at radius 2 is 2.33 bits per heavy atom. The van der Waals surface area contributed by atoms with Gasteiger partial charge in [0.05, 0.1) is 12.0 Å². The van der Waals surface area contributed by atoms with E-state index < -0.39 is 0 Å². The van der Waals surface area contributed by atoms with Crippen molar-refractivity contribution in [3.8, 4) is 0 Å². The van der Waals surface area contributed by atoms with Gasteiger partial charge in [0, 0.05) is 33.7 Å². The normalized spacial score (nSPS) is 23.7. The molecule has 0 bridgehead atoms. The summed E-state index contributed by atoms with van der Waals surface area (Å²) in [6.45, 7) is 2.66. The number of carbonyl (C=O) groups excluding carboxylic acids is 1. The van der Waals surface area contributed by atoms with Gasteiger partial charge in [-0.15, -0.1) is 0 Å². The van der Waals surface area contributed by atoms with Gasteiger partial charge in [-0.25, -0.2) is 0 Å². The molecule has 1 aromatic carbocycles. The maximum atomic E-state index is 12.5. The number of hydrogen-bond donors (Lipinski definition) is 1. The minimum atomic E-state index is -0.0111. The molecule has 0 amide bonds. The van der Waals surface area contributed by atoms with Crippen LogP contribution in [0.2, 0.25) is 0 Å². The van der Waals surface area contributed by atoms with E-state index in [0.717, 1.165) is 27.4 Å². The molecule has 3 rings (SSSR count). The Bertz CT molecular complexity index is 605. The third-order valence-electron chi connectivity index (χ3n) is 3.62. The topological polar surface area (TPSA) is 42.1 Å². The monoisotopic (exact) mass is 307 g/mol. The molecule has 1 aliphatic rings. The first kappa shape index (κ1) is 11.9. The number of Topliss-reactive ketones (excluding diaryl/α,β-unsaturated/α-hetero) is 1. The summed E-state index contributed by atoms with van der Waals surface area (Å²) in [4.78, 5) is 15.7. The maximum absolute atomic E-state index is 12.5. The molecule has 1 N–H and O–H groups in total. The molecule has 4 heteroatoms. The molecule has 0 saturated carbocycles. The van der Waals surface area contributed by atoms with Gasteiger partial charge in [-0.3, -0.25) is 4.79 Å². The molecule has 3 nitrogen and oxygen atoms in total. The highest BCUT2D eigenvalue weighted by Crippen LogP contribution is 2.29. The van der Waals surface area contributed by atoms with Crippen LogP contribution in [0.1, 0.15) is 23.7 Å². The summed E-state index contributed by atoms with van der Waals surface area (Å²) in [6, 6.07) is 5.93. The third kappa shape index (κ3) is 1.89. The number of rotatable bonds is 2. The minimum Gasteiger partial charge on any atom is -0.378 e. The molecule has 2 unspecified atom stereocenters. The summed E-state index contributed by atoms with van der Waals surface area (Å²) in [7, 11) is 0. The minimum absolute atomic E-state index is 0.0111. The van der Waals surface area contributed by atoms with Crippen LogP contribution in [-0.4, -0.2) is 23.5 Å².